The molecule has 18 heavy (non-hydrogen) atoms. The Balaban J connectivity index is 3.27. The van der Waals surface area contributed by atoms with Crippen LogP contribution in [0.25, 0.3) is 0 Å². The van der Waals surface area contributed by atoms with Gasteiger partial charge in [-0.1, -0.05) is 13.8 Å². The molecule has 0 unspecified atom stereocenters. The van der Waals surface area contributed by atoms with Crippen molar-refractivity contribution in [3.05, 3.63) is 23.8 Å². The highest BCUT2D eigenvalue weighted by Crippen LogP contribution is 2.24. The van der Waals surface area contributed by atoms with Crippen molar-refractivity contribution in [2.24, 2.45) is 0 Å². The van der Waals surface area contributed by atoms with E-state index in [0.29, 0.717) is 13.1 Å². The number of hydrogen-bond donors (Lipinski definition) is 2. The van der Waals surface area contributed by atoms with Crippen molar-refractivity contribution in [2.45, 2.75) is 18.7 Å². The van der Waals surface area contributed by atoms with Crippen LogP contribution in [0.4, 0.5) is 0 Å². The second-order valence-corrected chi connectivity index (χ2v) is 5.51. The lowest BCUT2D eigenvalue weighted by atomic mass is 10.2. The molecule has 7 heteroatoms. The molecule has 0 aromatic heterocycles. The van der Waals surface area contributed by atoms with E-state index >= 15 is 0 Å². The van der Waals surface area contributed by atoms with Gasteiger partial charge in [-0.3, -0.25) is 0 Å². The SMILES string of the molecule is CCN(CC)S(=O)(=O)c1ccc(C(=O)O)c(O)c1. The number of sulfonamides is 1. The molecule has 0 heterocycles. The van der Waals surface area contributed by atoms with E-state index in [4.69, 9.17) is 5.11 Å². The molecule has 2 N–H and O–H groups in total. The van der Waals surface area contributed by atoms with Crippen molar-refractivity contribution in [3.8, 4) is 5.75 Å². The molecular formula is C11H15NO5S. The van der Waals surface area contributed by atoms with Gasteiger partial charge in [0.1, 0.15) is 11.3 Å². The Morgan fingerprint density at radius 2 is 1.83 bits per heavy atom. The van der Waals surface area contributed by atoms with Gasteiger partial charge in [0.05, 0.1) is 4.90 Å². The van der Waals surface area contributed by atoms with Crippen molar-refractivity contribution in [1.29, 1.82) is 0 Å². The van der Waals surface area contributed by atoms with E-state index in [-0.39, 0.29) is 10.5 Å². The average molecular weight is 273 g/mol. The number of carbonyl (C=O) groups is 1. The van der Waals surface area contributed by atoms with Crippen LogP contribution in [-0.4, -0.2) is 42.0 Å². The van der Waals surface area contributed by atoms with Gasteiger partial charge in [0.15, 0.2) is 0 Å². The molecular weight excluding hydrogens is 258 g/mol. The minimum absolute atomic E-state index is 0.117. The lowest BCUT2D eigenvalue weighted by Crippen LogP contribution is -2.30. The van der Waals surface area contributed by atoms with Gasteiger partial charge in [-0.2, -0.15) is 4.31 Å². The van der Waals surface area contributed by atoms with Gasteiger partial charge in [-0.05, 0) is 12.1 Å². The normalized spacial score (nSPS) is 11.7. The Kier molecular flexibility index (Phi) is 4.31. The summed E-state index contributed by atoms with van der Waals surface area (Å²) in [4.78, 5) is 10.6. The summed E-state index contributed by atoms with van der Waals surface area (Å²) in [5, 5.41) is 18.2. The number of phenols is 1. The first kappa shape index (κ1) is 14.5. The first-order chi connectivity index (χ1) is 8.34. The topological polar surface area (TPSA) is 94.9 Å². The summed E-state index contributed by atoms with van der Waals surface area (Å²) in [5.74, 6) is -1.87. The third-order valence-corrected chi connectivity index (χ3v) is 4.59. The molecule has 1 rings (SSSR count). The van der Waals surface area contributed by atoms with E-state index in [0.717, 1.165) is 12.1 Å². The van der Waals surface area contributed by atoms with Gasteiger partial charge in [-0.15, -0.1) is 0 Å². The van der Waals surface area contributed by atoms with Crippen LogP contribution in [0.1, 0.15) is 24.2 Å². The molecule has 1 aromatic carbocycles. The van der Waals surface area contributed by atoms with Crippen LogP contribution in [0.5, 0.6) is 5.75 Å². The van der Waals surface area contributed by atoms with Crippen LogP contribution in [-0.2, 0) is 10.0 Å². The number of carboxylic acid groups (broad SMARTS) is 1. The fraction of sp³-hybridized carbons (Fsp3) is 0.364. The smallest absolute Gasteiger partial charge is 0.339 e. The second kappa shape index (κ2) is 5.36. The molecule has 0 aliphatic carbocycles. The third kappa shape index (κ3) is 2.62. The Bertz CT molecular complexity index is 549. The first-order valence-corrected chi connectivity index (χ1v) is 6.85. The third-order valence-electron chi connectivity index (χ3n) is 2.54. The predicted octanol–water partition coefficient (Wildman–Crippen LogP) is 1.12. The van der Waals surface area contributed by atoms with Crippen molar-refractivity contribution in [1.82, 2.24) is 4.31 Å². The highest BCUT2D eigenvalue weighted by molar-refractivity contribution is 7.89. The molecule has 1 aromatic rings. The first-order valence-electron chi connectivity index (χ1n) is 5.41. The number of aromatic carboxylic acids is 1. The van der Waals surface area contributed by atoms with E-state index < -0.39 is 21.7 Å². The fourth-order valence-electron chi connectivity index (χ4n) is 1.57. The largest absolute Gasteiger partial charge is 0.507 e. The highest BCUT2D eigenvalue weighted by atomic mass is 32.2. The van der Waals surface area contributed by atoms with Gasteiger partial charge in [0, 0.05) is 19.2 Å². The van der Waals surface area contributed by atoms with Crippen LogP contribution >= 0.6 is 0 Å². The molecule has 0 fully saturated rings. The van der Waals surface area contributed by atoms with Gasteiger partial charge >= 0.3 is 5.97 Å². The maximum Gasteiger partial charge on any atom is 0.339 e. The van der Waals surface area contributed by atoms with Gasteiger partial charge in [0.25, 0.3) is 0 Å². The van der Waals surface area contributed by atoms with E-state index in [2.05, 4.69) is 0 Å². The molecule has 0 spiro atoms. The molecule has 0 bridgehead atoms. The summed E-state index contributed by atoms with van der Waals surface area (Å²) in [6, 6.07) is 3.21. The van der Waals surface area contributed by atoms with Crippen LogP contribution in [0.15, 0.2) is 23.1 Å². The van der Waals surface area contributed by atoms with E-state index in [1.165, 1.54) is 10.4 Å². The zero-order valence-electron chi connectivity index (χ0n) is 10.1. The minimum atomic E-state index is -3.69. The summed E-state index contributed by atoms with van der Waals surface area (Å²) in [6.45, 7) is 4.01. The zero-order valence-corrected chi connectivity index (χ0v) is 10.9. The monoisotopic (exact) mass is 273 g/mol. The molecule has 0 amide bonds. The molecule has 0 aliphatic rings. The fourth-order valence-corrected chi connectivity index (χ4v) is 3.04. The Hall–Kier alpha value is -1.60. The van der Waals surface area contributed by atoms with Crippen molar-refractivity contribution in [3.63, 3.8) is 0 Å². The highest BCUT2D eigenvalue weighted by Gasteiger charge is 2.23. The summed E-state index contributed by atoms with van der Waals surface area (Å²) < 4.78 is 25.4. The van der Waals surface area contributed by atoms with E-state index in [1.54, 1.807) is 13.8 Å². The Labute approximate surface area is 106 Å². The Morgan fingerprint density at radius 1 is 1.28 bits per heavy atom. The molecule has 0 aliphatic heterocycles. The summed E-state index contributed by atoms with van der Waals surface area (Å²) in [6.07, 6.45) is 0. The summed E-state index contributed by atoms with van der Waals surface area (Å²) in [5.41, 5.74) is -0.325. The Morgan fingerprint density at radius 3 is 2.22 bits per heavy atom. The van der Waals surface area contributed by atoms with Gasteiger partial charge in [0.2, 0.25) is 10.0 Å². The van der Waals surface area contributed by atoms with Crippen molar-refractivity contribution >= 4 is 16.0 Å². The number of carboxylic acids is 1. The summed E-state index contributed by atoms with van der Waals surface area (Å²) >= 11 is 0. The van der Waals surface area contributed by atoms with Gasteiger partial charge < -0.3 is 10.2 Å². The lowest BCUT2D eigenvalue weighted by molar-refractivity contribution is 0.0693. The molecule has 0 atom stereocenters. The van der Waals surface area contributed by atoms with Crippen molar-refractivity contribution in [2.75, 3.05) is 13.1 Å². The average Bonchev–Trinajstić information content (AvgIpc) is 2.29. The number of aromatic hydroxyl groups is 1. The molecule has 0 saturated carbocycles. The van der Waals surface area contributed by atoms with Crippen LogP contribution in [0, 0.1) is 0 Å². The van der Waals surface area contributed by atoms with Crippen LogP contribution in [0.3, 0.4) is 0 Å². The number of benzene rings is 1. The second-order valence-electron chi connectivity index (χ2n) is 3.57. The predicted molar refractivity (Wildman–Crippen MR) is 65.2 cm³/mol. The van der Waals surface area contributed by atoms with Gasteiger partial charge in [-0.25, -0.2) is 13.2 Å². The lowest BCUT2D eigenvalue weighted by Gasteiger charge is -2.18. The number of hydrogen-bond acceptors (Lipinski definition) is 4. The molecule has 100 valence electrons. The molecule has 6 nitrogen and oxygen atoms in total. The van der Waals surface area contributed by atoms with E-state index in [1.807, 2.05) is 0 Å². The van der Waals surface area contributed by atoms with Crippen molar-refractivity contribution < 1.29 is 23.4 Å². The van der Waals surface area contributed by atoms with E-state index in [9.17, 15) is 18.3 Å². The maximum absolute atomic E-state index is 12.1. The quantitative estimate of drug-likeness (QED) is 0.838. The van der Waals surface area contributed by atoms with Crippen LogP contribution in [0.2, 0.25) is 0 Å². The standard InChI is InChI=1S/C11H15NO5S/c1-3-12(4-2)18(16,17)8-5-6-9(11(14)15)10(13)7-8/h5-7,13H,3-4H2,1-2H3,(H,14,15). The molecule has 0 radical (unpaired) electrons. The van der Waals surface area contributed by atoms with Crippen LogP contribution < -0.4 is 0 Å². The number of rotatable bonds is 5. The number of nitrogens with zero attached hydrogens (tertiary/aromatic N) is 1. The maximum atomic E-state index is 12.1. The minimum Gasteiger partial charge on any atom is -0.507 e. The molecule has 0 saturated heterocycles. The summed E-state index contributed by atoms with van der Waals surface area (Å²) in [7, 11) is -3.69. The zero-order chi connectivity index (χ0) is 13.9.